The lowest BCUT2D eigenvalue weighted by Gasteiger charge is -2.30. The van der Waals surface area contributed by atoms with Gasteiger partial charge in [-0.1, -0.05) is 0 Å². The first-order valence-corrected chi connectivity index (χ1v) is 4.49. The summed E-state index contributed by atoms with van der Waals surface area (Å²) in [6.07, 6.45) is 0.106. The molecular weight excluding hydrogens is 170 g/mol. The summed E-state index contributed by atoms with van der Waals surface area (Å²) in [5.74, 6) is -0.128. The zero-order valence-corrected chi connectivity index (χ0v) is 7.95. The van der Waals surface area contributed by atoms with E-state index in [0.717, 1.165) is 19.7 Å². The van der Waals surface area contributed by atoms with Gasteiger partial charge in [0.25, 0.3) is 0 Å². The number of morpholine rings is 1. The Labute approximate surface area is 78.2 Å². The van der Waals surface area contributed by atoms with Crippen LogP contribution in [-0.2, 0) is 9.53 Å². The van der Waals surface area contributed by atoms with Crippen molar-refractivity contribution in [3.8, 4) is 0 Å². The van der Waals surface area contributed by atoms with E-state index < -0.39 is 0 Å². The number of ether oxygens (including phenoxy) is 1. The second-order valence-electron chi connectivity index (χ2n) is 3.26. The number of likely N-dealkylation sites (N-methyl/N-ethyl adjacent to an activating group) is 1. The zero-order valence-electron chi connectivity index (χ0n) is 7.95. The SMILES string of the molecule is CN1CCOC(CNC(=O)CN)C1. The number of amides is 1. The fraction of sp³-hybridized carbons (Fsp3) is 0.875. The average Bonchev–Trinajstić information content (AvgIpc) is 2.14. The lowest BCUT2D eigenvalue weighted by Crippen LogP contribution is -2.46. The lowest BCUT2D eigenvalue weighted by molar-refractivity contribution is -0.120. The molecule has 1 rings (SSSR count). The van der Waals surface area contributed by atoms with E-state index in [1.807, 2.05) is 7.05 Å². The highest BCUT2D eigenvalue weighted by Gasteiger charge is 2.17. The number of nitrogens with one attached hydrogen (secondary N) is 1. The summed E-state index contributed by atoms with van der Waals surface area (Å²) in [6, 6.07) is 0. The monoisotopic (exact) mass is 187 g/mol. The second kappa shape index (κ2) is 5.16. The Balaban J connectivity index is 2.17. The van der Waals surface area contributed by atoms with Crippen molar-refractivity contribution in [2.75, 3.05) is 39.8 Å². The minimum atomic E-state index is -0.128. The molecule has 13 heavy (non-hydrogen) atoms. The highest BCUT2D eigenvalue weighted by atomic mass is 16.5. The van der Waals surface area contributed by atoms with Gasteiger partial charge >= 0.3 is 0 Å². The van der Waals surface area contributed by atoms with Crippen LogP contribution in [0.15, 0.2) is 0 Å². The summed E-state index contributed by atoms with van der Waals surface area (Å²) in [5, 5.41) is 2.71. The van der Waals surface area contributed by atoms with E-state index in [2.05, 4.69) is 10.2 Å². The molecule has 0 aromatic rings. The van der Waals surface area contributed by atoms with Crippen molar-refractivity contribution in [3.63, 3.8) is 0 Å². The molecule has 1 amide bonds. The highest BCUT2D eigenvalue weighted by Crippen LogP contribution is 2.00. The Bertz CT molecular complexity index is 175. The predicted octanol–water partition coefficient (Wildman–Crippen LogP) is -1.61. The molecule has 1 heterocycles. The van der Waals surface area contributed by atoms with E-state index in [0.29, 0.717) is 6.54 Å². The van der Waals surface area contributed by atoms with Gasteiger partial charge in [-0.3, -0.25) is 4.79 Å². The van der Waals surface area contributed by atoms with Crippen molar-refractivity contribution < 1.29 is 9.53 Å². The third-order valence-electron chi connectivity index (χ3n) is 2.05. The summed E-state index contributed by atoms with van der Waals surface area (Å²) < 4.78 is 5.45. The van der Waals surface area contributed by atoms with Crippen LogP contribution in [0, 0.1) is 0 Å². The van der Waals surface area contributed by atoms with Crippen molar-refractivity contribution in [2.24, 2.45) is 5.73 Å². The van der Waals surface area contributed by atoms with Gasteiger partial charge in [0.05, 0.1) is 19.3 Å². The van der Waals surface area contributed by atoms with Crippen molar-refractivity contribution in [1.82, 2.24) is 10.2 Å². The number of hydrogen-bond donors (Lipinski definition) is 2. The first kappa shape index (κ1) is 10.4. The van der Waals surface area contributed by atoms with Gasteiger partial charge in [0.15, 0.2) is 0 Å². The molecule has 1 aliphatic heterocycles. The van der Waals surface area contributed by atoms with E-state index >= 15 is 0 Å². The molecule has 1 atom stereocenters. The third-order valence-corrected chi connectivity index (χ3v) is 2.05. The van der Waals surface area contributed by atoms with Crippen molar-refractivity contribution in [3.05, 3.63) is 0 Å². The third kappa shape index (κ3) is 3.71. The fourth-order valence-corrected chi connectivity index (χ4v) is 1.29. The number of carbonyl (C=O) groups excluding carboxylic acids is 1. The molecule has 0 radical (unpaired) electrons. The normalized spacial score (nSPS) is 24.3. The maximum atomic E-state index is 10.8. The van der Waals surface area contributed by atoms with Gasteiger partial charge in [0.1, 0.15) is 0 Å². The number of rotatable bonds is 3. The molecule has 1 saturated heterocycles. The van der Waals surface area contributed by atoms with Crippen LogP contribution in [0.5, 0.6) is 0 Å². The summed E-state index contributed by atoms with van der Waals surface area (Å²) in [6.45, 7) is 3.16. The topological polar surface area (TPSA) is 67.6 Å². The van der Waals surface area contributed by atoms with Crippen LogP contribution in [0.25, 0.3) is 0 Å². The second-order valence-corrected chi connectivity index (χ2v) is 3.26. The molecule has 0 aromatic heterocycles. The van der Waals surface area contributed by atoms with Crippen LogP contribution in [0.2, 0.25) is 0 Å². The summed E-state index contributed by atoms with van der Waals surface area (Å²) in [7, 11) is 2.04. The number of hydrogen-bond acceptors (Lipinski definition) is 4. The van der Waals surface area contributed by atoms with Gasteiger partial charge in [0, 0.05) is 19.6 Å². The lowest BCUT2D eigenvalue weighted by atomic mass is 10.3. The molecule has 0 aliphatic carbocycles. The predicted molar refractivity (Wildman–Crippen MR) is 49.3 cm³/mol. The van der Waals surface area contributed by atoms with Gasteiger partial charge in [0.2, 0.25) is 5.91 Å². The smallest absolute Gasteiger partial charge is 0.233 e. The van der Waals surface area contributed by atoms with Crippen molar-refractivity contribution in [2.45, 2.75) is 6.10 Å². The van der Waals surface area contributed by atoms with Crippen LogP contribution < -0.4 is 11.1 Å². The molecule has 1 fully saturated rings. The van der Waals surface area contributed by atoms with E-state index in [9.17, 15) is 4.79 Å². The summed E-state index contributed by atoms with van der Waals surface area (Å²) in [4.78, 5) is 13.0. The number of nitrogens with two attached hydrogens (primary N) is 1. The first-order valence-electron chi connectivity index (χ1n) is 4.49. The Morgan fingerprint density at radius 2 is 2.54 bits per heavy atom. The quantitative estimate of drug-likeness (QED) is 0.558. The van der Waals surface area contributed by atoms with Crippen LogP contribution in [0.4, 0.5) is 0 Å². The maximum Gasteiger partial charge on any atom is 0.233 e. The van der Waals surface area contributed by atoms with Gasteiger partial charge in [-0.2, -0.15) is 0 Å². The average molecular weight is 187 g/mol. The number of nitrogens with zero attached hydrogens (tertiary/aromatic N) is 1. The molecule has 1 aliphatic rings. The zero-order chi connectivity index (χ0) is 9.68. The Morgan fingerprint density at radius 1 is 1.77 bits per heavy atom. The van der Waals surface area contributed by atoms with Gasteiger partial charge in [-0.05, 0) is 7.05 Å². The molecule has 0 spiro atoms. The molecular formula is C8H17N3O2. The molecule has 5 heteroatoms. The maximum absolute atomic E-state index is 10.8. The molecule has 0 saturated carbocycles. The molecule has 0 aromatic carbocycles. The summed E-state index contributed by atoms with van der Waals surface area (Å²) in [5.41, 5.74) is 5.15. The van der Waals surface area contributed by atoms with Gasteiger partial charge in [-0.15, -0.1) is 0 Å². The largest absolute Gasteiger partial charge is 0.374 e. The van der Waals surface area contributed by atoms with Crippen LogP contribution in [0.3, 0.4) is 0 Å². The molecule has 1 unspecified atom stereocenters. The van der Waals surface area contributed by atoms with Crippen LogP contribution in [0.1, 0.15) is 0 Å². The Hall–Kier alpha value is -0.650. The standard InChI is InChI=1S/C8H17N3O2/c1-11-2-3-13-7(6-11)5-10-8(12)4-9/h7H,2-6,9H2,1H3,(H,10,12). The molecule has 3 N–H and O–H groups in total. The van der Waals surface area contributed by atoms with Crippen molar-refractivity contribution in [1.29, 1.82) is 0 Å². The van der Waals surface area contributed by atoms with Gasteiger partial charge < -0.3 is 20.7 Å². The van der Waals surface area contributed by atoms with E-state index in [4.69, 9.17) is 10.5 Å². The fourth-order valence-electron chi connectivity index (χ4n) is 1.29. The Morgan fingerprint density at radius 3 is 3.15 bits per heavy atom. The highest BCUT2D eigenvalue weighted by molar-refractivity contribution is 5.77. The molecule has 5 nitrogen and oxygen atoms in total. The van der Waals surface area contributed by atoms with E-state index in [-0.39, 0.29) is 18.6 Å². The van der Waals surface area contributed by atoms with Crippen molar-refractivity contribution >= 4 is 5.91 Å². The first-order chi connectivity index (χ1) is 6.22. The van der Waals surface area contributed by atoms with E-state index in [1.54, 1.807) is 0 Å². The van der Waals surface area contributed by atoms with E-state index in [1.165, 1.54) is 0 Å². The van der Waals surface area contributed by atoms with Crippen LogP contribution in [-0.4, -0.2) is 56.7 Å². The Kier molecular flexibility index (Phi) is 4.14. The van der Waals surface area contributed by atoms with Crippen LogP contribution >= 0.6 is 0 Å². The molecule has 0 bridgehead atoms. The number of carbonyl (C=O) groups is 1. The molecule has 76 valence electrons. The minimum Gasteiger partial charge on any atom is -0.374 e. The minimum absolute atomic E-state index is 0.0442. The van der Waals surface area contributed by atoms with Gasteiger partial charge in [-0.25, -0.2) is 0 Å². The summed E-state index contributed by atoms with van der Waals surface area (Å²) >= 11 is 0.